The summed E-state index contributed by atoms with van der Waals surface area (Å²) in [5.41, 5.74) is 6.08. The monoisotopic (exact) mass is 223 g/mol. The van der Waals surface area contributed by atoms with Crippen molar-refractivity contribution in [3.05, 3.63) is 35.4 Å². The molecule has 0 saturated heterocycles. The lowest BCUT2D eigenvalue weighted by Crippen LogP contribution is -2.18. The fourth-order valence-corrected chi connectivity index (χ4v) is 1.16. The van der Waals surface area contributed by atoms with E-state index in [1.165, 1.54) is 0 Å². The molecular weight excluding hydrogens is 210 g/mol. The number of hydrogen-bond acceptors (Lipinski definition) is 4. The van der Waals surface area contributed by atoms with Crippen LogP contribution in [0.4, 0.5) is 4.79 Å². The first kappa shape index (κ1) is 12.0. The van der Waals surface area contributed by atoms with Crippen LogP contribution in [-0.4, -0.2) is 25.3 Å². The van der Waals surface area contributed by atoms with Gasteiger partial charge in [-0.15, -0.1) is 0 Å². The van der Waals surface area contributed by atoms with Crippen molar-refractivity contribution >= 4 is 12.1 Å². The van der Waals surface area contributed by atoms with Gasteiger partial charge in [0.15, 0.2) is 0 Å². The number of hydrogen-bond donors (Lipinski definition) is 1. The number of carbonyl (C=O) groups excluding carboxylic acids is 2. The van der Waals surface area contributed by atoms with E-state index in [1.54, 1.807) is 12.1 Å². The van der Waals surface area contributed by atoms with Gasteiger partial charge < -0.3 is 15.2 Å². The zero-order chi connectivity index (χ0) is 12.0. The smallest absolute Gasteiger partial charge is 0.404 e. The van der Waals surface area contributed by atoms with Crippen molar-refractivity contribution in [1.82, 2.24) is 0 Å². The summed E-state index contributed by atoms with van der Waals surface area (Å²) < 4.78 is 9.31. The second kappa shape index (κ2) is 5.75. The summed E-state index contributed by atoms with van der Waals surface area (Å²) in [6.45, 7) is 1.78. The van der Waals surface area contributed by atoms with Gasteiger partial charge in [-0.25, -0.2) is 9.59 Å². The highest BCUT2D eigenvalue weighted by molar-refractivity contribution is 5.90. The van der Waals surface area contributed by atoms with Crippen LogP contribution in [0.5, 0.6) is 0 Å². The molecule has 0 atom stereocenters. The fraction of sp³-hybridized carbons (Fsp3) is 0.273. The Bertz CT molecular complexity index is 389. The molecule has 0 radical (unpaired) electrons. The molecule has 86 valence electrons. The largest absolute Gasteiger partial charge is 0.458 e. The van der Waals surface area contributed by atoms with Crippen LogP contribution in [0.1, 0.15) is 15.9 Å². The summed E-state index contributed by atoms with van der Waals surface area (Å²) >= 11 is 0. The molecule has 1 aromatic rings. The molecule has 5 heteroatoms. The second-order valence-corrected chi connectivity index (χ2v) is 3.12. The van der Waals surface area contributed by atoms with Gasteiger partial charge in [0.2, 0.25) is 0 Å². The summed E-state index contributed by atoms with van der Waals surface area (Å²) in [4.78, 5) is 21.7. The van der Waals surface area contributed by atoms with E-state index in [-0.39, 0.29) is 13.2 Å². The lowest BCUT2D eigenvalue weighted by Gasteiger charge is -2.06. The Morgan fingerprint density at radius 2 is 1.81 bits per heavy atom. The third kappa shape index (κ3) is 3.61. The second-order valence-electron chi connectivity index (χ2n) is 3.12. The van der Waals surface area contributed by atoms with Crippen LogP contribution in [0.2, 0.25) is 0 Å². The average molecular weight is 223 g/mol. The van der Waals surface area contributed by atoms with Gasteiger partial charge in [-0.2, -0.15) is 0 Å². The van der Waals surface area contributed by atoms with Gasteiger partial charge in [-0.3, -0.25) is 0 Å². The number of nitrogens with two attached hydrogens (primary N) is 1. The zero-order valence-electron chi connectivity index (χ0n) is 8.93. The van der Waals surface area contributed by atoms with E-state index in [2.05, 4.69) is 4.74 Å². The van der Waals surface area contributed by atoms with E-state index >= 15 is 0 Å². The van der Waals surface area contributed by atoms with Crippen LogP contribution in [0.15, 0.2) is 24.3 Å². The molecule has 0 heterocycles. The number of primary amides is 1. The molecule has 0 unspecified atom stereocenters. The predicted molar refractivity (Wildman–Crippen MR) is 57.0 cm³/mol. The Labute approximate surface area is 93.1 Å². The zero-order valence-corrected chi connectivity index (χ0v) is 8.93. The highest BCUT2D eigenvalue weighted by Crippen LogP contribution is 2.08. The number of benzene rings is 1. The first-order chi connectivity index (χ1) is 7.61. The van der Waals surface area contributed by atoms with E-state index in [1.807, 2.05) is 19.1 Å². The molecule has 1 rings (SSSR count). The topological polar surface area (TPSA) is 78.6 Å². The van der Waals surface area contributed by atoms with Gasteiger partial charge in [0.05, 0.1) is 5.56 Å². The first-order valence-corrected chi connectivity index (χ1v) is 4.76. The summed E-state index contributed by atoms with van der Waals surface area (Å²) in [7, 11) is 0. The minimum absolute atomic E-state index is 0.00386. The molecule has 0 aliphatic rings. The standard InChI is InChI=1S/C11H13NO4/c1-8-4-2-3-5-9(8)10(13)15-6-7-16-11(12)14/h2-5H,6-7H2,1H3,(H2,12,14). The quantitative estimate of drug-likeness (QED) is 0.615. The highest BCUT2D eigenvalue weighted by atomic mass is 16.6. The van der Waals surface area contributed by atoms with Crippen molar-refractivity contribution in [2.45, 2.75) is 6.92 Å². The van der Waals surface area contributed by atoms with Gasteiger partial charge in [-0.05, 0) is 18.6 Å². The van der Waals surface area contributed by atoms with E-state index < -0.39 is 12.1 Å². The molecule has 0 bridgehead atoms. The molecule has 5 nitrogen and oxygen atoms in total. The van der Waals surface area contributed by atoms with Crippen LogP contribution in [0.3, 0.4) is 0 Å². The van der Waals surface area contributed by atoms with Crippen LogP contribution in [0, 0.1) is 6.92 Å². The first-order valence-electron chi connectivity index (χ1n) is 4.76. The summed E-state index contributed by atoms with van der Waals surface area (Å²) in [6.07, 6.45) is -0.882. The summed E-state index contributed by atoms with van der Waals surface area (Å²) in [5, 5.41) is 0. The number of ether oxygens (including phenoxy) is 2. The van der Waals surface area contributed by atoms with Crippen LogP contribution < -0.4 is 5.73 Å². The van der Waals surface area contributed by atoms with Crippen molar-refractivity contribution in [2.24, 2.45) is 5.73 Å². The SMILES string of the molecule is Cc1ccccc1C(=O)OCCOC(N)=O. The van der Waals surface area contributed by atoms with Gasteiger partial charge in [0.1, 0.15) is 13.2 Å². The number of carbonyl (C=O) groups is 2. The van der Waals surface area contributed by atoms with E-state index in [9.17, 15) is 9.59 Å². The molecule has 1 aromatic carbocycles. The Morgan fingerprint density at radius 3 is 2.44 bits per heavy atom. The minimum Gasteiger partial charge on any atom is -0.458 e. The van der Waals surface area contributed by atoms with Gasteiger partial charge in [0.25, 0.3) is 0 Å². The van der Waals surface area contributed by atoms with Crippen molar-refractivity contribution in [3.63, 3.8) is 0 Å². The van der Waals surface area contributed by atoms with Gasteiger partial charge in [0, 0.05) is 0 Å². The molecule has 0 aromatic heterocycles. The third-order valence-electron chi connectivity index (χ3n) is 1.93. The number of amides is 1. The number of rotatable bonds is 4. The Morgan fingerprint density at radius 1 is 1.19 bits per heavy atom. The van der Waals surface area contributed by atoms with Crippen LogP contribution >= 0.6 is 0 Å². The highest BCUT2D eigenvalue weighted by Gasteiger charge is 2.09. The van der Waals surface area contributed by atoms with Crippen molar-refractivity contribution in [3.8, 4) is 0 Å². The maximum absolute atomic E-state index is 11.5. The molecule has 0 fully saturated rings. The van der Waals surface area contributed by atoms with E-state index in [4.69, 9.17) is 10.5 Å². The Kier molecular flexibility index (Phi) is 4.32. The molecule has 0 saturated carbocycles. The van der Waals surface area contributed by atoms with Gasteiger partial charge >= 0.3 is 12.1 Å². The fourth-order valence-electron chi connectivity index (χ4n) is 1.16. The summed E-state index contributed by atoms with van der Waals surface area (Å²) in [6, 6.07) is 7.08. The summed E-state index contributed by atoms with van der Waals surface area (Å²) in [5.74, 6) is -0.439. The number of esters is 1. The lowest BCUT2D eigenvalue weighted by molar-refractivity contribution is 0.0408. The maximum Gasteiger partial charge on any atom is 0.404 e. The van der Waals surface area contributed by atoms with Crippen LogP contribution in [0.25, 0.3) is 0 Å². The average Bonchev–Trinajstić information content (AvgIpc) is 2.24. The predicted octanol–water partition coefficient (Wildman–Crippen LogP) is 1.25. The van der Waals surface area contributed by atoms with Gasteiger partial charge in [-0.1, -0.05) is 18.2 Å². The molecular formula is C11H13NO4. The molecule has 0 aliphatic heterocycles. The van der Waals surface area contributed by atoms with E-state index in [0.29, 0.717) is 5.56 Å². The maximum atomic E-state index is 11.5. The van der Waals surface area contributed by atoms with Crippen molar-refractivity contribution < 1.29 is 19.1 Å². The lowest BCUT2D eigenvalue weighted by atomic mass is 10.1. The minimum atomic E-state index is -0.882. The third-order valence-corrected chi connectivity index (χ3v) is 1.93. The Balaban J connectivity index is 2.41. The Hall–Kier alpha value is -2.04. The van der Waals surface area contributed by atoms with Crippen LogP contribution in [-0.2, 0) is 9.47 Å². The normalized spacial score (nSPS) is 9.56. The molecule has 0 spiro atoms. The molecule has 2 N–H and O–H groups in total. The van der Waals surface area contributed by atoms with E-state index in [0.717, 1.165) is 5.56 Å². The molecule has 0 aliphatic carbocycles. The van der Waals surface area contributed by atoms with Crippen molar-refractivity contribution in [1.29, 1.82) is 0 Å². The van der Waals surface area contributed by atoms with Crippen molar-refractivity contribution in [2.75, 3.05) is 13.2 Å². The molecule has 1 amide bonds. The number of aryl methyl sites for hydroxylation is 1. The molecule has 16 heavy (non-hydrogen) atoms.